The molecule has 0 radical (unpaired) electrons. The number of fused-ring (bicyclic) bond motifs is 4. The van der Waals surface area contributed by atoms with E-state index in [-0.39, 0.29) is 6.71 Å². The first-order valence-electron chi connectivity index (χ1n) is 18.3. The Morgan fingerprint density at radius 2 is 0.885 bits per heavy atom. The molecular weight excluding hydrogens is 629 g/mol. The summed E-state index contributed by atoms with van der Waals surface area (Å²) < 4.78 is 0. The maximum Gasteiger partial charge on any atom is 0.252 e. The average Bonchev–Trinajstić information content (AvgIpc) is 3.11. The van der Waals surface area contributed by atoms with Crippen LogP contribution in [0, 0.1) is 41.5 Å². The summed E-state index contributed by atoms with van der Waals surface area (Å²) >= 11 is 0. The number of hydrogen-bond acceptors (Lipinski definition) is 3. The highest BCUT2D eigenvalue weighted by molar-refractivity contribution is 7.00. The average molecular weight is 672 g/mol. The highest BCUT2D eigenvalue weighted by atomic mass is 15.2. The predicted octanol–water partition coefficient (Wildman–Crippen LogP) is 11.1. The van der Waals surface area contributed by atoms with Crippen LogP contribution in [0.5, 0.6) is 0 Å². The zero-order chi connectivity index (χ0) is 35.7. The summed E-state index contributed by atoms with van der Waals surface area (Å²) in [6.45, 7) is 13.4. The Morgan fingerprint density at radius 3 is 1.54 bits per heavy atom. The Balaban J connectivity index is 1.44. The van der Waals surface area contributed by atoms with Crippen molar-refractivity contribution in [1.29, 1.82) is 0 Å². The third-order valence-corrected chi connectivity index (χ3v) is 10.6. The molecule has 7 aromatic rings. The van der Waals surface area contributed by atoms with Gasteiger partial charge in [0.15, 0.2) is 0 Å². The molecule has 7 aromatic carbocycles. The van der Waals surface area contributed by atoms with Crippen molar-refractivity contribution < 1.29 is 0 Å². The van der Waals surface area contributed by atoms with Crippen molar-refractivity contribution in [3.63, 3.8) is 0 Å². The van der Waals surface area contributed by atoms with Crippen molar-refractivity contribution in [1.82, 2.24) is 0 Å². The molecule has 2 aliphatic rings. The molecular formula is C48H42BN3. The number of benzene rings is 7. The van der Waals surface area contributed by atoms with Crippen LogP contribution in [0.25, 0.3) is 0 Å². The third-order valence-electron chi connectivity index (χ3n) is 10.6. The largest absolute Gasteiger partial charge is 0.311 e. The summed E-state index contributed by atoms with van der Waals surface area (Å²) in [6, 6.07) is 54.3. The number of aryl methyl sites for hydroxylation is 6. The second kappa shape index (κ2) is 12.3. The molecule has 0 aromatic heterocycles. The lowest BCUT2D eigenvalue weighted by Gasteiger charge is -2.45. The van der Waals surface area contributed by atoms with Gasteiger partial charge in [-0.15, -0.1) is 0 Å². The quantitative estimate of drug-likeness (QED) is 0.169. The number of rotatable bonds is 5. The third kappa shape index (κ3) is 5.21. The van der Waals surface area contributed by atoms with E-state index in [0.717, 1.165) is 22.7 Å². The minimum Gasteiger partial charge on any atom is -0.311 e. The van der Waals surface area contributed by atoms with Crippen molar-refractivity contribution in [3.8, 4) is 0 Å². The van der Waals surface area contributed by atoms with Crippen LogP contribution >= 0.6 is 0 Å². The van der Waals surface area contributed by atoms with Gasteiger partial charge in [-0.2, -0.15) is 0 Å². The first-order chi connectivity index (χ1) is 25.2. The molecule has 0 saturated heterocycles. The predicted molar refractivity (Wildman–Crippen MR) is 224 cm³/mol. The fraction of sp³-hybridized carbons (Fsp3) is 0.125. The molecule has 9 rings (SSSR count). The first kappa shape index (κ1) is 31.9. The van der Waals surface area contributed by atoms with E-state index >= 15 is 0 Å². The molecule has 0 amide bonds. The standard InChI is InChI=1S/C48H42BN3/c1-31-21-32(2)25-39(24-31)50(37-15-9-7-10-16-37)41-29-45-48-46(30-41)52(40-26-33(3)22-34(4)27-40)43-20-14-13-19-42(43)49(48)47-36(6)23-35(5)28-44(47)51(45)38-17-11-8-12-18-38/h7-30H,1-6H3. The van der Waals surface area contributed by atoms with Gasteiger partial charge in [-0.25, -0.2) is 0 Å². The Morgan fingerprint density at radius 1 is 0.385 bits per heavy atom. The molecule has 4 heteroatoms. The van der Waals surface area contributed by atoms with E-state index in [1.54, 1.807) is 0 Å². The zero-order valence-corrected chi connectivity index (χ0v) is 30.8. The van der Waals surface area contributed by atoms with E-state index in [1.807, 2.05) is 0 Å². The lowest BCUT2D eigenvalue weighted by Crippen LogP contribution is -2.62. The number of hydrogen-bond donors (Lipinski definition) is 0. The monoisotopic (exact) mass is 671 g/mol. The summed E-state index contributed by atoms with van der Waals surface area (Å²) in [5.41, 5.74) is 22.2. The summed E-state index contributed by atoms with van der Waals surface area (Å²) in [5.74, 6) is 0. The van der Waals surface area contributed by atoms with E-state index in [1.165, 1.54) is 78.2 Å². The van der Waals surface area contributed by atoms with E-state index in [4.69, 9.17) is 0 Å². The van der Waals surface area contributed by atoms with E-state index in [0.29, 0.717) is 0 Å². The van der Waals surface area contributed by atoms with Gasteiger partial charge in [0, 0.05) is 45.5 Å². The molecule has 0 N–H and O–H groups in total. The van der Waals surface area contributed by atoms with Crippen molar-refractivity contribution in [3.05, 3.63) is 179 Å². The van der Waals surface area contributed by atoms with Crippen LogP contribution in [-0.2, 0) is 0 Å². The van der Waals surface area contributed by atoms with Gasteiger partial charge in [0.2, 0.25) is 0 Å². The van der Waals surface area contributed by atoms with Crippen LogP contribution in [0.1, 0.15) is 33.4 Å². The second-order valence-corrected chi connectivity index (χ2v) is 14.8. The fourth-order valence-electron chi connectivity index (χ4n) is 8.89. The summed E-state index contributed by atoms with van der Waals surface area (Å²) in [4.78, 5) is 7.48. The Labute approximate surface area is 308 Å². The highest BCUT2D eigenvalue weighted by Crippen LogP contribution is 2.48. The lowest BCUT2D eigenvalue weighted by molar-refractivity contribution is 1.21. The minimum absolute atomic E-state index is 0.0688. The Bertz CT molecular complexity index is 2460. The second-order valence-electron chi connectivity index (χ2n) is 14.8. The van der Waals surface area contributed by atoms with Gasteiger partial charge in [0.25, 0.3) is 6.71 Å². The fourth-order valence-corrected chi connectivity index (χ4v) is 8.89. The molecule has 0 saturated carbocycles. The maximum absolute atomic E-state index is 2.52. The van der Waals surface area contributed by atoms with Gasteiger partial charge < -0.3 is 14.7 Å². The molecule has 0 spiro atoms. The van der Waals surface area contributed by atoms with Crippen LogP contribution in [0.3, 0.4) is 0 Å². The van der Waals surface area contributed by atoms with Crippen molar-refractivity contribution >= 4 is 74.3 Å². The van der Waals surface area contributed by atoms with Gasteiger partial charge in [-0.3, -0.25) is 0 Å². The molecule has 252 valence electrons. The van der Waals surface area contributed by atoms with Crippen LogP contribution in [0.2, 0.25) is 0 Å². The minimum atomic E-state index is 0.0688. The SMILES string of the molecule is Cc1cc(C)cc(N(c2ccccc2)c2cc3c4c(c2)N(c2ccccc2)c2cc(C)cc(C)c2B4c2ccccc2N3c2cc(C)cc(C)c2)c1. The highest BCUT2D eigenvalue weighted by Gasteiger charge is 2.44. The molecule has 0 atom stereocenters. The van der Waals surface area contributed by atoms with Crippen LogP contribution in [0.4, 0.5) is 51.2 Å². The molecule has 2 heterocycles. The van der Waals surface area contributed by atoms with Crippen molar-refractivity contribution in [2.24, 2.45) is 0 Å². The number of anilines is 9. The number of para-hydroxylation sites is 3. The summed E-state index contributed by atoms with van der Waals surface area (Å²) in [7, 11) is 0. The molecule has 2 aliphatic heterocycles. The summed E-state index contributed by atoms with van der Waals surface area (Å²) in [5, 5.41) is 0. The topological polar surface area (TPSA) is 9.72 Å². The zero-order valence-electron chi connectivity index (χ0n) is 30.8. The molecule has 0 aliphatic carbocycles. The lowest BCUT2D eigenvalue weighted by atomic mass is 9.32. The van der Waals surface area contributed by atoms with Gasteiger partial charge >= 0.3 is 0 Å². The van der Waals surface area contributed by atoms with Crippen LogP contribution in [-0.4, -0.2) is 6.71 Å². The van der Waals surface area contributed by atoms with Crippen LogP contribution < -0.4 is 31.1 Å². The van der Waals surface area contributed by atoms with E-state index in [9.17, 15) is 0 Å². The van der Waals surface area contributed by atoms with Gasteiger partial charge in [0.1, 0.15) is 0 Å². The normalized spacial score (nSPS) is 12.7. The van der Waals surface area contributed by atoms with E-state index in [2.05, 4.69) is 202 Å². The number of nitrogens with zero attached hydrogens (tertiary/aromatic N) is 3. The molecule has 52 heavy (non-hydrogen) atoms. The van der Waals surface area contributed by atoms with Gasteiger partial charge in [0.05, 0.1) is 5.69 Å². The van der Waals surface area contributed by atoms with Crippen molar-refractivity contribution in [2.45, 2.75) is 41.5 Å². The smallest absolute Gasteiger partial charge is 0.252 e. The maximum atomic E-state index is 2.52. The Kier molecular flexibility index (Phi) is 7.59. The first-order valence-corrected chi connectivity index (χ1v) is 18.3. The molecule has 0 bridgehead atoms. The Hall–Kier alpha value is -6.00. The van der Waals surface area contributed by atoms with E-state index < -0.39 is 0 Å². The molecule has 0 unspecified atom stereocenters. The van der Waals surface area contributed by atoms with Gasteiger partial charge in [-0.05, 0) is 159 Å². The molecule has 0 fully saturated rings. The van der Waals surface area contributed by atoms with Gasteiger partial charge in [-0.1, -0.05) is 78.4 Å². The summed E-state index contributed by atoms with van der Waals surface area (Å²) in [6.07, 6.45) is 0. The van der Waals surface area contributed by atoms with Crippen molar-refractivity contribution in [2.75, 3.05) is 14.7 Å². The van der Waals surface area contributed by atoms with Crippen LogP contribution in [0.15, 0.2) is 146 Å². The molecule has 3 nitrogen and oxygen atoms in total.